The van der Waals surface area contributed by atoms with Gasteiger partial charge in [0.25, 0.3) is 11.6 Å². The number of likely N-dealkylation sites (tertiary alicyclic amines) is 1. The zero-order valence-corrected chi connectivity index (χ0v) is 17.0. The number of halogens is 6. The van der Waals surface area contributed by atoms with E-state index in [9.17, 15) is 41.3 Å². The minimum absolute atomic E-state index is 0.0305. The van der Waals surface area contributed by atoms with Crippen molar-refractivity contribution in [1.82, 2.24) is 4.90 Å². The fourth-order valence-corrected chi connectivity index (χ4v) is 3.81. The number of hydrogen-bond donors (Lipinski definition) is 1. The third-order valence-corrected chi connectivity index (χ3v) is 5.47. The number of benzene rings is 2. The maximum atomic E-state index is 13.2. The van der Waals surface area contributed by atoms with E-state index in [0.717, 1.165) is 0 Å². The van der Waals surface area contributed by atoms with Crippen LogP contribution >= 0.6 is 0 Å². The van der Waals surface area contributed by atoms with E-state index in [4.69, 9.17) is 5.73 Å². The van der Waals surface area contributed by atoms with Crippen LogP contribution in [0.15, 0.2) is 42.5 Å². The maximum Gasteiger partial charge on any atom is 0.416 e. The number of hydrogen-bond acceptors (Lipinski definition) is 4. The van der Waals surface area contributed by atoms with E-state index < -0.39 is 45.9 Å². The average Bonchev–Trinajstić information content (AvgIpc) is 2.72. The van der Waals surface area contributed by atoms with Crippen molar-refractivity contribution in [3.63, 3.8) is 0 Å². The summed E-state index contributed by atoms with van der Waals surface area (Å²) in [6.45, 7) is 0.0508. The third kappa shape index (κ3) is 5.81. The van der Waals surface area contributed by atoms with Crippen LogP contribution in [0.2, 0.25) is 0 Å². The van der Waals surface area contributed by atoms with Gasteiger partial charge in [0.1, 0.15) is 0 Å². The highest BCUT2D eigenvalue weighted by molar-refractivity contribution is 5.95. The molecule has 0 radical (unpaired) electrons. The predicted octanol–water partition coefficient (Wildman–Crippen LogP) is 4.81. The molecule has 2 aromatic carbocycles. The third-order valence-electron chi connectivity index (χ3n) is 5.47. The molecule has 0 bridgehead atoms. The van der Waals surface area contributed by atoms with Gasteiger partial charge in [-0.15, -0.1) is 0 Å². The molecule has 0 unspecified atom stereocenters. The van der Waals surface area contributed by atoms with Crippen molar-refractivity contribution >= 4 is 11.6 Å². The minimum atomic E-state index is -5.07. The van der Waals surface area contributed by atoms with Crippen LogP contribution in [-0.4, -0.2) is 34.4 Å². The number of alkyl halides is 6. The summed E-state index contributed by atoms with van der Waals surface area (Å²) < 4.78 is 79.1. The van der Waals surface area contributed by atoms with E-state index in [1.807, 2.05) is 0 Å². The molecule has 12 heteroatoms. The van der Waals surface area contributed by atoms with Crippen molar-refractivity contribution in [3.8, 4) is 0 Å². The smallest absolute Gasteiger partial charge is 0.335 e. The van der Waals surface area contributed by atoms with E-state index in [1.54, 1.807) is 0 Å². The van der Waals surface area contributed by atoms with Crippen LogP contribution in [0.1, 0.15) is 39.9 Å². The molecule has 1 heterocycles. The van der Waals surface area contributed by atoms with E-state index in [2.05, 4.69) is 0 Å². The summed E-state index contributed by atoms with van der Waals surface area (Å²) in [5.74, 6) is -0.967. The lowest BCUT2D eigenvalue weighted by Crippen LogP contribution is -2.50. The lowest BCUT2D eigenvalue weighted by atomic mass is 9.91. The van der Waals surface area contributed by atoms with E-state index in [-0.39, 0.29) is 37.2 Å². The van der Waals surface area contributed by atoms with Crippen molar-refractivity contribution in [3.05, 3.63) is 74.8 Å². The lowest BCUT2D eigenvalue weighted by Gasteiger charge is -2.39. The number of carbonyl (C=O) groups is 1. The van der Waals surface area contributed by atoms with Gasteiger partial charge in [0.15, 0.2) is 0 Å². The first-order chi connectivity index (χ1) is 15.3. The molecule has 1 fully saturated rings. The second kappa shape index (κ2) is 9.00. The topological polar surface area (TPSA) is 89.5 Å². The Morgan fingerprint density at radius 2 is 1.58 bits per heavy atom. The minimum Gasteiger partial charge on any atom is -0.335 e. The molecule has 178 valence electrons. The van der Waals surface area contributed by atoms with Gasteiger partial charge in [-0.3, -0.25) is 14.9 Å². The zero-order valence-electron chi connectivity index (χ0n) is 17.0. The SMILES string of the molecule is N[C@H]1CCN(C(=O)c2cc(C(F)(F)F)cc(C(F)(F)F)c2)[C@H](Cc2ccc([N+](=O)[O-])cc2)C1. The lowest BCUT2D eigenvalue weighted by molar-refractivity contribution is -0.384. The quantitative estimate of drug-likeness (QED) is 0.391. The van der Waals surface area contributed by atoms with E-state index in [0.29, 0.717) is 24.1 Å². The Balaban J connectivity index is 1.93. The fraction of sp³-hybridized carbons (Fsp3) is 0.381. The summed E-state index contributed by atoms with van der Waals surface area (Å²) in [6.07, 6.45) is -9.36. The van der Waals surface area contributed by atoms with Crippen LogP contribution in [-0.2, 0) is 18.8 Å². The number of amides is 1. The van der Waals surface area contributed by atoms with Crippen molar-refractivity contribution in [2.75, 3.05) is 6.54 Å². The van der Waals surface area contributed by atoms with Gasteiger partial charge in [0.2, 0.25) is 0 Å². The fourth-order valence-electron chi connectivity index (χ4n) is 3.81. The number of carbonyl (C=O) groups excluding carboxylic acids is 1. The molecule has 6 nitrogen and oxygen atoms in total. The summed E-state index contributed by atoms with van der Waals surface area (Å²) in [5, 5.41) is 10.8. The molecular formula is C21H19F6N3O3. The number of nitro benzene ring substituents is 1. The molecule has 0 aliphatic carbocycles. The number of rotatable bonds is 4. The molecule has 0 aromatic heterocycles. The highest BCUT2D eigenvalue weighted by atomic mass is 19.4. The highest BCUT2D eigenvalue weighted by Gasteiger charge is 2.39. The molecular weight excluding hydrogens is 456 g/mol. The van der Waals surface area contributed by atoms with Gasteiger partial charge in [-0.2, -0.15) is 26.3 Å². The normalized spacial score (nSPS) is 19.4. The Hall–Kier alpha value is -3.15. The summed E-state index contributed by atoms with van der Waals surface area (Å²) >= 11 is 0. The molecule has 33 heavy (non-hydrogen) atoms. The molecule has 2 atom stereocenters. The number of nitrogens with two attached hydrogens (primary N) is 1. The second-order valence-electron chi connectivity index (χ2n) is 7.86. The Kier molecular flexibility index (Phi) is 6.68. The molecule has 1 aliphatic rings. The average molecular weight is 475 g/mol. The Morgan fingerprint density at radius 1 is 1.03 bits per heavy atom. The van der Waals surface area contributed by atoms with Crippen LogP contribution in [0.25, 0.3) is 0 Å². The molecule has 0 saturated carbocycles. The van der Waals surface area contributed by atoms with Crippen molar-refractivity contribution in [2.45, 2.75) is 43.7 Å². The van der Waals surface area contributed by atoms with Gasteiger partial charge in [-0.1, -0.05) is 12.1 Å². The number of nitrogens with zero attached hydrogens (tertiary/aromatic N) is 2. The standard InChI is InChI=1S/C21H19F6N3O3/c22-20(23,24)14-8-13(9-15(10-14)21(25,26)27)19(31)29-6-5-16(28)11-18(29)7-12-1-3-17(4-2-12)30(32)33/h1-4,8-10,16,18H,5-7,11,28H2/t16-,18+/m0/s1. The van der Waals surface area contributed by atoms with Crippen LogP contribution in [0.4, 0.5) is 32.0 Å². The largest absolute Gasteiger partial charge is 0.416 e. The van der Waals surface area contributed by atoms with Gasteiger partial charge in [0, 0.05) is 36.3 Å². The summed E-state index contributed by atoms with van der Waals surface area (Å²) in [4.78, 5) is 24.5. The summed E-state index contributed by atoms with van der Waals surface area (Å²) in [7, 11) is 0. The molecule has 1 aliphatic heterocycles. The van der Waals surface area contributed by atoms with E-state index >= 15 is 0 Å². The Bertz CT molecular complexity index is 1000. The molecule has 0 spiro atoms. The zero-order chi connectivity index (χ0) is 24.6. The van der Waals surface area contributed by atoms with Crippen molar-refractivity contribution in [1.29, 1.82) is 0 Å². The van der Waals surface area contributed by atoms with Crippen LogP contribution in [0, 0.1) is 10.1 Å². The monoisotopic (exact) mass is 475 g/mol. The molecule has 3 rings (SSSR count). The van der Waals surface area contributed by atoms with Gasteiger partial charge in [-0.25, -0.2) is 0 Å². The summed E-state index contributed by atoms with van der Waals surface area (Å²) in [5.41, 5.74) is 2.59. The van der Waals surface area contributed by atoms with Crippen LogP contribution in [0.3, 0.4) is 0 Å². The Morgan fingerprint density at radius 3 is 2.06 bits per heavy atom. The van der Waals surface area contributed by atoms with Gasteiger partial charge in [0.05, 0.1) is 16.1 Å². The van der Waals surface area contributed by atoms with Gasteiger partial charge in [-0.05, 0) is 43.0 Å². The highest BCUT2D eigenvalue weighted by Crippen LogP contribution is 2.37. The number of piperidine rings is 1. The maximum absolute atomic E-state index is 13.2. The van der Waals surface area contributed by atoms with Crippen molar-refractivity contribution in [2.24, 2.45) is 5.73 Å². The first-order valence-electron chi connectivity index (χ1n) is 9.85. The molecule has 2 N–H and O–H groups in total. The van der Waals surface area contributed by atoms with E-state index in [1.165, 1.54) is 29.2 Å². The number of non-ortho nitro benzene ring substituents is 1. The van der Waals surface area contributed by atoms with Gasteiger partial charge >= 0.3 is 12.4 Å². The van der Waals surface area contributed by atoms with Crippen LogP contribution < -0.4 is 5.73 Å². The Labute approximate surface area is 184 Å². The van der Waals surface area contributed by atoms with Gasteiger partial charge < -0.3 is 10.6 Å². The van der Waals surface area contributed by atoms with Crippen LogP contribution in [0.5, 0.6) is 0 Å². The number of nitro groups is 1. The molecule has 1 amide bonds. The summed E-state index contributed by atoms with van der Waals surface area (Å²) in [6, 6.07) is 5.37. The first-order valence-corrected chi connectivity index (χ1v) is 9.85. The molecule has 1 saturated heterocycles. The first kappa shape index (κ1) is 24.5. The predicted molar refractivity (Wildman–Crippen MR) is 105 cm³/mol. The second-order valence-corrected chi connectivity index (χ2v) is 7.86. The van der Waals surface area contributed by atoms with Crippen molar-refractivity contribution < 1.29 is 36.1 Å². The molecule has 2 aromatic rings.